The minimum atomic E-state index is -0.0668. The highest BCUT2D eigenvalue weighted by Gasteiger charge is 2.32. The summed E-state index contributed by atoms with van der Waals surface area (Å²) >= 11 is 6.14. The molecule has 34 heavy (non-hydrogen) atoms. The number of hydrogen-bond acceptors (Lipinski definition) is 7. The van der Waals surface area contributed by atoms with Gasteiger partial charge in [0.1, 0.15) is 5.75 Å². The van der Waals surface area contributed by atoms with Gasteiger partial charge < -0.3 is 24.0 Å². The summed E-state index contributed by atoms with van der Waals surface area (Å²) in [5, 5.41) is 4.87. The predicted molar refractivity (Wildman–Crippen MR) is 131 cm³/mol. The van der Waals surface area contributed by atoms with Gasteiger partial charge in [-0.3, -0.25) is 4.79 Å². The lowest BCUT2D eigenvalue weighted by molar-refractivity contribution is -0.136. The number of carbonyl (C=O) groups excluding carboxylic acids is 1. The molecular weight excluding hydrogens is 454 g/mol. The van der Waals surface area contributed by atoms with E-state index < -0.39 is 0 Å². The van der Waals surface area contributed by atoms with E-state index in [0.29, 0.717) is 31.5 Å². The van der Waals surface area contributed by atoms with E-state index >= 15 is 0 Å². The van der Waals surface area contributed by atoms with Gasteiger partial charge >= 0.3 is 6.01 Å². The molecule has 3 aromatic rings. The zero-order chi connectivity index (χ0) is 23.5. The second kappa shape index (κ2) is 9.93. The fraction of sp³-hybridized carbons (Fsp3) is 0.400. The summed E-state index contributed by atoms with van der Waals surface area (Å²) in [5.74, 6) is 1.45. The number of aromatic nitrogens is 2. The second-order valence-corrected chi connectivity index (χ2v) is 9.14. The number of benzene rings is 2. The van der Waals surface area contributed by atoms with Gasteiger partial charge in [-0.15, -0.1) is 0 Å². The largest absolute Gasteiger partial charge is 0.497 e. The van der Waals surface area contributed by atoms with Crippen molar-refractivity contribution in [3.8, 4) is 17.1 Å². The molecule has 9 heteroatoms. The molecule has 1 aromatic heterocycles. The summed E-state index contributed by atoms with van der Waals surface area (Å²) in [7, 11) is 1.63. The van der Waals surface area contributed by atoms with E-state index in [1.807, 2.05) is 52.3 Å². The summed E-state index contributed by atoms with van der Waals surface area (Å²) in [5.41, 5.74) is 1.96. The van der Waals surface area contributed by atoms with Gasteiger partial charge in [0.15, 0.2) is 0 Å². The maximum Gasteiger partial charge on any atom is 0.324 e. The fourth-order valence-electron chi connectivity index (χ4n) is 4.67. The number of anilines is 2. The summed E-state index contributed by atoms with van der Waals surface area (Å²) in [6.07, 6.45) is 1.79. The third kappa shape index (κ3) is 4.82. The number of halogens is 1. The molecule has 0 radical (unpaired) electrons. The van der Waals surface area contributed by atoms with Crippen LogP contribution in [0.2, 0.25) is 5.02 Å². The molecule has 0 aliphatic carbocycles. The highest BCUT2D eigenvalue weighted by Crippen LogP contribution is 2.27. The standard InChI is InChI=1S/C25H28ClN5O3/c1-33-22-9-7-18(8-10-22)23-27-25(34-28-23)31-11-3-4-19(17-31)24(32)30-14-12-29(13-15-30)21-6-2-5-20(26)16-21/h2,5-10,16,19H,3-4,11-15,17H2,1H3/t19-/m0/s1. The molecule has 5 rings (SSSR count). The van der Waals surface area contributed by atoms with Gasteiger partial charge in [-0.2, -0.15) is 4.98 Å². The van der Waals surface area contributed by atoms with Crippen LogP contribution in [0.15, 0.2) is 53.1 Å². The van der Waals surface area contributed by atoms with Gasteiger partial charge in [0.25, 0.3) is 0 Å². The molecule has 2 aliphatic heterocycles. The smallest absolute Gasteiger partial charge is 0.324 e. The van der Waals surface area contributed by atoms with Crippen LogP contribution in [0.4, 0.5) is 11.7 Å². The molecule has 1 amide bonds. The maximum atomic E-state index is 13.3. The molecule has 3 heterocycles. The number of methoxy groups -OCH3 is 1. The minimum Gasteiger partial charge on any atom is -0.497 e. The van der Waals surface area contributed by atoms with Gasteiger partial charge in [-0.1, -0.05) is 22.8 Å². The number of ether oxygens (including phenoxy) is 1. The van der Waals surface area contributed by atoms with Crippen molar-refractivity contribution in [1.29, 1.82) is 0 Å². The van der Waals surface area contributed by atoms with Crippen molar-refractivity contribution >= 4 is 29.2 Å². The highest BCUT2D eigenvalue weighted by molar-refractivity contribution is 6.30. The Bertz CT molecular complexity index is 1130. The summed E-state index contributed by atoms with van der Waals surface area (Å²) in [4.78, 5) is 24.2. The van der Waals surface area contributed by atoms with Crippen LogP contribution in [0.25, 0.3) is 11.4 Å². The molecule has 178 valence electrons. The van der Waals surface area contributed by atoms with E-state index in [-0.39, 0.29) is 11.8 Å². The average Bonchev–Trinajstić information content (AvgIpc) is 3.39. The van der Waals surface area contributed by atoms with E-state index in [1.165, 1.54) is 0 Å². The van der Waals surface area contributed by atoms with E-state index in [9.17, 15) is 4.79 Å². The molecule has 1 atom stereocenters. The number of nitrogens with zero attached hydrogens (tertiary/aromatic N) is 5. The normalized spacial score (nSPS) is 18.8. The van der Waals surface area contributed by atoms with Crippen LogP contribution < -0.4 is 14.5 Å². The zero-order valence-electron chi connectivity index (χ0n) is 19.2. The summed E-state index contributed by atoms with van der Waals surface area (Å²) < 4.78 is 10.8. The monoisotopic (exact) mass is 481 g/mol. The molecule has 0 N–H and O–H groups in total. The van der Waals surface area contributed by atoms with Crippen LogP contribution in [0.5, 0.6) is 5.75 Å². The number of carbonyl (C=O) groups is 1. The van der Waals surface area contributed by atoms with Crippen molar-refractivity contribution in [2.45, 2.75) is 12.8 Å². The third-order valence-electron chi connectivity index (χ3n) is 6.57. The molecule has 0 saturated carbocycles. The highest BCUT2D eigenvalue weighted by atomic mass is 35.5. The quantitative estimate of drug-likeness (QED) is 0.546. The van der Waals surface area contributed by atoms with Crippen molar-refractivity contribution in [2.75, 3.05) is 56.2 Å². The van der Waals surface area contributed by atoms with Crippen LogP contribution in [-0.4, -0.2) is 67.3 Å². The van der Waals surface area contributed by atoms with Crippen LogP contribution >= 0.6 is 11.6 Å². The molecule has 2 aliphatic rings. The average molecular weight is 482 g/mol. The third-order valence-corrected chi connectivity index (χ3v) is 6.80. The van der Waals surface area contributed by atoms with Crippen LogP contribution in [0.3, 0.4) is 0 Å². The molecule has 0 spiro atoms. The molecule has 8 nitrogen and oxygen atoms in total. The van der Waals surface area contributed by atoms with Gasteiger partial charge in [-0.05, 0) is 55.3 Å². The van der Waals surface area contributed by atoms with Crippen molar-refractivity contribution in [3.05, 3.63) is 53.6 Å². The van der Waals surface area contributed by atoms with Gasteiger partial charge in [0, 0.05) is 55.5 Å². The van der Waals surface area contributed by atoms with Crippen molar-refractivity contribution in [1.82, 2.24) is 15.0 Å². The first-order valence-corrected chi connectivity index (χ1v) is 12.0. The SMILES string of the molecule is COc1ccc(-c2noc(N3CCC[C@H](C(=O)N4CCN(c5cccc(Cl)c5)CC4)C3)n2)cc1. The second-order valence-electron chi connectivity index (χ2n) is 8.71. The van der Waals surface area contributed by atoms with Gasteiger partial charge in [-0.25, -0.2) is 0 Å². The minimum absolute atomic E-state index is 0.0668. The molecule has 0 unspecified atom stereocenters. The molecule has 2 saturated heterocycles. The Hall–Kier alpha value is -3.26. The van der Waals surface area contributed by atoms with Crippen LogP contribution in [-0.2, 0) is 4.79 Å². The fourth-order valence-corrected chi connectivity index (χ4v) is 4.85. The van der Waals surface area contributed by atoms with Gasteiger partial charge in [0.05, 0.1) is 13.0 Å². The predicted octanol–water partition coefficient (Wildman–Crippen LogP) is 3.96. The number of hydrogen-bond donors (Lipinski definition) is 0. The van der Waals surface area contributed by atoms with E-state index in [0.717, 1.165) is 54.5 Å². The van der Waals surface area contributed by atoms with Crippen molar-refractivity contribution in [3.63, 3.8) is 0 Å². The van der Waals surface area contributed by atoms with Crippen molar-refractivity contribution < 1.29 is 14.1 Å². The first-order chi connectivity index (χ1) is 16.6. The molecular formula is C25H28ClN5O3. The Morgan fingerprint density at radius 1 is 1.06 bits per heavy atom. The van der Waals surface area contributed by atoms with Crippen LogP contribution in [0.1, 0.15) is 12.8 Å². The summed E-state index contributed by atoms with van der Waals surface area (Å²) in [6, 6.07) is 15.9. The molecule has 0 bridgehead atoms. The lowest BCUT2D eigenvalue weighted by Gasteiger charge is -2.39. The Morgan fingerprint density at radius 3 is 2.59 bits per heavy atom. The molecule has 2 aromatic carbocycles. The lowest BCUT2D eigenvalue weighted by atomic mass is 9.96. The Balaban J connectivity index is 1.19. The first-order valence-electron chi connectivity index (χ1n) is 11.6. The van der Waals surface area contributed by atoms with Gasteiger partial charge in [0.2, 0.25) is 11.7 Å². The number of amides is 1. The first kappa shape index (κ1) is 22.5. The van der Waals surface area contributed by atoms with E-state index in [1.54, 1.807) is 7.11 Å². The Kier molecular flexibility index (Phi) is 6.58. The Labute approximate surface area is 204 Å². The molecule has 2 fully saturated rings. The topological polar surface area (TPSA) is 74.9 Å². The Morgan fingerprint density at radius 2 is 1.85 bits per heavy atom. The number of rotatable bonds is 5. The maximum absolute atomic E-state index is 13.3. The number of piperazine rings is 1. The zero-order valence-corrected chi connectivity index (χ0v) is 19.9. The van der Waals surface area contributed by atoms with Crippen molar-refractivity contribution in [2.24, 2.45) is 5.92 Å². The summed E-state index contributed by atoms with van der Waals surface area (Å²) in [6.45, 7) is 4.43. The number of piperidine rings is 1. The lowest BCUT2D eigenvalue weighted by Crippen LogP contribution is -2.52. The van der Waals surface area contributed by atoms with E-state index in [4.69, 9.17) is 20.9 Å². The van der Waals surface area contributed by atoms with E-state index in [2.05, 4.69) is 21.1 Å². The van der Waals surface area contributed by atoms with Crippen LogP contribution in [0, 0.1) is 5.92 Å².